The normalized spacial score (nSPS) is 14.5. The Balaban J connectivity index is 1.94. The standard InChI is InChI=1S/C13H13N5O4S/c1-18-5-4-11(16-18)17-23(21,22)8-2-3-9-10(6-8)15-13(20)7-12(19)14-9/h2-6H,7H2,1H3,(H,14,19)(H,15,20)(H,16,17). The second-order valence-electron chi connectivity index (χ2n) is 4.96. The molecule has 120 valence electrons. The van der Waals surface area contributed by atoms with Gasteiger partial charge in [0, 0.05) is 19.3 Å². The first-order chi connectivity index (χ1) is 10.8. The van der Waals surface area contributed by atoms with Crippen LogP contribution in [0.15, 0.2) is 35.4 Å². The number of benzene rings is 1. The van der Waals surface area contributed by atoms with Gasteiger partial charge in [0.15, 0.2) is 5.82 Å². The molecule has 0 saturated carbocycles. The molecular formula is C13H13N5O4S. The molecule has 0 aliphatic carbocycles. The van der Waals surface area contributed by atoms with Gasteiger partial charge in [-0.05, 0) is 18.2 Å². The molecule has 3 rings (SSSR count). The maximum Gasteiger partial charge on any atom is 0.263 e. The zero-order valence-corrected chi connectivity index (χ0v) is 12.8. The summed E-state index contributed by atoms with van der Waals surface area (Å²) in [5.41, 5.74) is 0.572. The summed E-state index contributed by atoms with van der Waals surface area (Å²) in [4.78, 5) is 23.0. The lowest BCUT2D eigenvalue weighted by atomic mass is 10.2. The first kappa shape index (κ1) is 15.0. The molecule has 1 aromatic heterocycles. The van der Waals surface area contributed by atoms with Crippen LogP contribution < -0.4 is 15.4 Å². The number of sulfonamides is 1. The summed E-state index contributed by atoms with van der Waals surface area (Å²) in [6, 6.07) is 5.56. The van der Waals surface area contributed by atoms with Gasteiger partial charge < -0.3 is 10.6 Å². The first-order valence-electron chi connectivity index (χ1n) is 6.60. The van der Waals surface area contributed by atoms with E-state index in [1.807, 2.05) is 0 Å². The largest absolute Gasteiger partial charge is 0.324 e. The van der Waals surface area contributed by atoms with Crippen LogP contribution in [0.4, 0.5) is 17.2 Å². The third kappa shape index (κ3) is 3.16. The Morgan fingerprint density at radius 1 is 1.13 bits per heavy atom. The minimum atomic E-state index is -3.87. The van der Waals surface area contributed by atoms with Crippen molar-refractivity contribution in [2.24, 2.45) is 7.05 Å². The highest BCUT2D eigenvalue weighted by Crippen LogP contribution is 2.28. The number of hydrogen-bond acceptors (Lipinski definition) is 5. The van der Waals surface area contributed by atoms with E-state index in [0.717, 1.165) is 0 Å². The maximum atomic E-state index is 12.4. The number of amides is 2. The fraction of sp³-hybridized carbons (Fsp3) is 0.154. The van der Waals surface area contributed by atoms with Crippen molar-refractivity contribution in [3.63, 3.8) is 0 Å². The van der Waals surface area contributed by atoms with Gasteiger partial charge in [0.05, 0.1) is 16.3 Å². The van der Waals surface area contributed by atoms with Crippen molar-refractivity contribution in [1.82, 2.24) is 9.78 Å². The predicted molar refractivity (Wildman–Crippen MR) is 82.3 cm³/mol. The zero-order chi connectivity index (χ0) is 16.6. The summed E-state index contributed by atoms with van der Waals surface area (Å²) in [7, 11) is -2.20. The van der Waals surface area contributed by atoms with Gasteiger partial charge in [0.2, 0.25) is 11.8 Å². The molecule has 0 atom stereocenters. The Labute approximate surface area is 131 Å². The summed E-state index contributed by atoms with van der Waals surface area (Å²) in [5.74, 6) is -0.781. The van der Waals surface area contributed by atoms with E-state index >= 15 is 0 Å². The number of anilines is 3. The quantitative estimate of drug-likeness (QED) is 0.705. The SMILES string of the molecule is Cn1ccc(NS(=O)(=O)c2ccc3c(c2)NC(=O)CC(=O)N3)n1. The van der Waals surface area contributed by atoms with Gasteiger partial charge in [0.1, 0.15) is 6.42 Å². The van der Waals surface area contributed by atoms with E-state index in [2.05, 4.69) is 20.5 Å². The number of rotatable bonds is 3. The average Bonchev–Trinajstić information content (AvgIpc) is 2.77. The molecule has 10 heteroatoms. The van der Waals surface area contributed by atoms with Crippen molar-refractivity contribution in [2.75, 3.05) is 15.4 Å². The molecule has 0 spiro atoms. The van der Waals surface area contributed by atoms with Crippen LogP contribution in [0, 0.1) is 0 Å². The van der Waals surface area contributed by atoms with Crippen LogP contribution in [-0.4, -0.2) is 30.0 Å². The fourth-order valence-electron chi connectivity index (χ4n) is 2.10. The van der Waals surface area contributed by atoms with Crippen molar-refractivity contribution in [2.45, 2.75) is 11.3 Å². The van der Waals surface area contributed by atoms with Gasteiger partial charge in [-0.1, -0.05) is 0 Å². The van der Waals surface area contributed by atoms with E-state index in [1.54, 1.807) is 13.2 Å². The summed E-state index contributed by atoms with van der Waals surface area (Å²) in [5, 5.41) is 8.98. The Bertz CT molecular complexity index is 903. The molecule has 2 aromatic rings. The van der Waals surface area contributed by atoms with Crippen molar-refractivity contribution in [1.29, 1.82) is 0 Å². The Morgan fingerprint density at radius 2 is 1.83 bits per heavy atom. The van der Waals surface area contributed by atoms with Crippen LogP contribution in [0.1, 0.15) is 6.42 Å². The van der Waals surface area contributed by atoms with E-state index in [9.17, 15) is 18.0 Å². The van der Waals surface area contributed by atoms with Crippen LogP contribution in [0.2, 0.25) is 0 Å². The number of aromatic nitrogens is 2. The lowest BCUT2D eigenvalue weighted by Crippen LogP contribution is -2.16. The molecule has 1 aromatic carbocycles. The average molecular weight is 335 g/mol. The minimum absolute atomic E-state index is 0.0571. The molecule has 23 heavy (non-hydrogen) atoms. The molecule has 0 saturated heterocycles. The summed E-state index contributed by atoms with van der Waals surface area (Å²) < 4.78 is 28.5. The molecule has 2 amide bonds. The number of carbonyl (C=O) groups is 2. The molecule has 0 radical (unpaired) electrons. The topological polar surface area (TPSA) is 122 Å². The van der Waals surface area contributed by atoms with E-state index in [4.69, 9.17) is 0 Å². The number of carbonyl (C=O) groups excluding carboxylic acids is 2. The van der Waals surface area contributed by atoms with E-state index < -0.39 is 21.8 Å². The lowest BCUT2D eigenvalue weighted by Gasteiger charge is -2.10. The summed E-state index contributed by atoms with van der Waals surface area (Å²) in [6.07, 6.45) is 1.29. The fourth-order valence-corrected chi connectivity index (χ4v) is 3.13. The van der Waals surface area contributed by atoms with Gasteiger partial charge >= 0.3 is 0 Å². The van der Waals surface area contributed by atoms with Gasteiger partial charge in [0.25, 0.3) is 10.0 Å². The number of hydrogen-bond donors (Lipinski definition) is 3. The minimum Gasteiger partial charge on any atom is -0.324 e. The van der Waals surface area contributed by atoms with Gasteiger partial charge in [-0.25, -0.2) is 8.42 Å². The van der Waals surface area contributed by atoms with E-state index in [1.165, 1.54) is 28.9 Å². The van der Waals surface area contributed by atoms with E-state index in [-0.39, 0.29) is 22.8 Å². The molecule has 3 N–H and O–H groups in total. The second kappa shape index (κ2) is 5.39. The number of nitrogens with zero attached hydrogens (tertiary/aromatic N) is 2. The van der Waals surface area contributed by atoms with Crippen molar-refractivity contribution < 1.29 is 18.0 Å². The molecule has 1 aliphatic rings. The molecular weight excluding hydrogens is 322 g/mol. The number of nitrogens with one attached hydrogen (secondary N) is 3. The zero-order valence-electron chi connectivity index (χ0n) is 12.0. The number of fused-ring (bicyclic) bond motifs is 1. The number of aryl methyl sites for hydroxylation is 1. The molecule has 9 nitrogen and oxygen atoms in total. The predicted octanol–water partition coefficient (Wildman–Crippen LogP) is 0.502. The van der Waals surface area contributed by atoms with Crippen LogP contribution in [0.3, 0.4) is 0 Å². The van der Waals surface area contributed by atoms with Crippen LogP contribution in [0.5, 0.6) is 0 Å². The van der Waals surface area contributed by atoms with Crippen LogP contribution in [-0.2, 0) is 26.7 Å². The summed E-state index contributed by atoms with van der Waals surface area (Å²) >= 11 is 0. The van der Waals surface area contributed by atoms with Gasteiger partial charge in [-0.2, -0.15) is 5.10 Å². The van der Waals surface area contributed by atoms with E-state index in [0.29, 0.717) is 5.69 Å². The first-order valence-corrected chi connectivity index (χ1v) is 8.08. The van der Waals surface area contributed by atoms with Crippen molar-refractivity contribution in [3.05, 3.63) is 30.5 Å². The Morgan fingerprint density at radius 3 is 2.48 bits per heavy atom. The molecule has 0 fully saturated rings. The Hall–Kier alpha value is -2.88. The van der Waals surface area contributed by atoms with Crippen molar-refractivity contribution >= 4 is 39.0 Å². The third-order valence-electron chi connectivity index (χ3n) is 3.12. The van der Waals surface area contributed by atoms with Crippen molar-refractivity contribution in [3.8, 4) is 0 Å². The molecule has 0 bridgehead atoms. The van der Waals surface area contributed by atoms with Crippen LogP contribution in [0.25, 0.3) is 0 Å². The summed E-state index contributed by atoms with van der Waals surface area (Å²) in [6.45, 7) is 0. The maximum absolute atomic E-state index is 12.4. The lowest BCUT2D eigenvalue weighted by molar-refractivity contribution is -0.123. The second-order valence-corrected chi connectivity index (χ2v) is 6.64. The highest BCUT2D eigenvalue weighted by atomic mass is 32.2. The van der Waals surface area contributed by atoms with Gasteiger partial charge in [-0.15, -0.1) is 0 Å². The molecule has 2 heterocycles. The molecule has 1 aliphatic heterocycles. The molecule has 0 unspecified atom stereocenters. The highest BCUT2D eigenvalue weighted by Gasteiger charge is 2.22. The van der Waals surface area contributed by atoms with Crippen LogP contribution >= 0.6 is 0 Å². The monoisotopic (exact) mass is 335 g/mol. The third-order valence-corrected chi connectivity index (χ3v) is 4.48. The van der Waals surface area contributed by atoms with Gasteiger partial charge in [-0.3, -0.25) is 19.0 Å². The Kier molecular flexibility index (Phi) is 3.52. The smallest absolute Gasteiger partial charge is 0.263 e. The highest BCUT2D eigenvalue weighted by molar-refractivity contribution is 7.92.